The average Bonchev–Trinajstić information content (AvgIpc) is 3.09. The number of piperidine rings is 1. The van der Waals surface area contributed by atoms with Crippen molar-refractivity contribution in [2.24, 2.45) is 0 Å². The van der Waals surface area contributed by atoms with E-state index in [4.69, 9.17) is 4.74 Å². The molecule has 0 saturated carbocycles. The summed E-state index contributed by atoms with van der Waals surface area (Å²) >= 11 is 0. The molecule has 136 valence electrons. The molecule has 1 N–H and O–H groups in total. The highest BCUT2D eigenvalue weighted by atomic mass is 16.5. The molecule has 3 heteroatoms. The Bertz CT molecular complexity index is 858. The van der Waals surface area contributed by atoms with Crippen molar-refractivity contribution in [1.29, 1.82) is 0 Å². The van der Waals surface area contributed by atoms with Crippen LogP contribution in [0.4, 0.5) is 0 Å². The van der Waals surface area contributed by atoms with E-state index in [1.165, 1.54) is 53.5 Å². The van der Waals surface area contributed by atoms with Crippen LogP contribution in [-0.4, -0.2) is 36.6 Å². The molecule has 0 bridgehead atoms. The molecule has 1 aliphatic heterocycles. The SMILES string of the molecule is COc1ccc2[nH]cc(CCN3CCC(c4ccc(C)cc4)CC3)c2c1. The molecule has 26 heavy (non-hydrogen) atoms. The third kappa shape index (κ3) is 3.63. The van der Waals surface area contributed by atoms with Gasteiger partial charge in [0, 0.05) is 23.6 Å². The fourth-order valence-corrected chi connectivity index (χ4v) is 4.10. The molecule has 4 rings (SSSR count). The van der Waals surface area contributed by atoms with E-state index in [1.54, 1.807) is 7.11 Å². The summed E-state index contributed by atoms with van der Waals surface area (Å²) in [5.41, 5.74) is 5.44. The Morgan fingerprint density at radius 2 is 1.85 bits per heavy atom. The summed E-state index contributed by atoms with van der Waals surface area (Å²) in [5, 5.41) is 1.29. The Balaban J connectivity index is 1.34. The van der Waals surface area contributed by atoms with Crippen molar-refractivity contribution in [1.82, 2.24) is 9.88 Å². The van der Waals surface area contributed by atoms with Crippen molar-refractivity contribution in [3.63, 3.8) is 0 Å². The second-order valence-electron chi connectivity index (χ2n) is 7.50. The third-order valence-electron chi connectivity index (χ3n) is 5.81. The number of hydrogen-bond acceptors (Lipinski definition) is 2. The van der Waals surface area contributed by atoms with E-state index < -0.39 is 0 Å². The number of aromatic nitrogens is 1. The van der Waals surface area contributed by atoms with E-state index in [1.807, 2.05) is 6.07 Å². The van der Waals surface area contributed by atoms with Gasteiger partial charge in [-0.25, -0.2) is 0 Å². The van der Waals surface area contributed by atoms with Gasteiger partial charge in [0.05, 0.1) is 7.11 Å². The lowest BCUT2D eigenvalue weighted by Gasteiger charge is -2.32. The summed E-state index contributed by atoms with van der Waals surface area (Å²) in [4.78, 5) is 6.00. The fraction of sp³-hybridized carbons (Fsp3) is 0.391. The summed E-state index contributed by atoms with van der Waals surface area (Å²) in [5.74, 6) is 1.65. The van der Waals surface area contributed by atoms with Crippen LogP contribution in [0.25, 0.3) is 10.9 Å². The van der Waals surface area contributed by atoms with Crippen molar-refractivity contribution in [3.8, 4) is 5.75 Å². The number of aryl methyl sites for hydroxylation is 1. The predicted octanol–water partition coefficient (Wildman–Crippen LogP) is 4.91. The van der Waals surface area contributed by atoms with Crippen LogP contribution >= 0.6 is 0 Å². The minimum atomic E-state index is 0.726. The normalized spacial score (nSPS) is 16.2. The van der Waals surface area contributed by atoms with E-state index in [0.717, 1.165) is 24.6 Å². The van der Waals surface area contributed by atoms with Crippen LogP contribution in [0, 0.1) is 6.92 Å². The highest BCUT2D eigenvalue weighted by Crippen LogP contribution is 2.29. The maximum absolute atomic E-state index is 5.38. The first-order valence-corrected chi connectivity index (χ1v) is 9.66. The molecule has 2 aromatic carbocycles. The molecule has 1 saturated heterocycles. The molecule has 3 aromatic rings. The Morgan fingerprint density at radius 1 is 1.08 bits per heavy atom. The largest absolute Gasteiger partial charge is 0.497 e. The molecular weight excluding hydrogens is 320 g/mol. The summed E-state index contributed by atoms with van der Waals surface area (Å²) in [6.07, 6.45) is 5.78. The van der Waals surface area contributed by atoms with Crippen LogP contribution in [0.1, 0.15) is 35.4 Å². The average molecular weight is 348 g/mol. The number of nitrogens with one attached hydrogen (secondary N) is 1. The Labute approximate surface area is 156 Å². The number of benzene rings is 2. The lowest BCUT2D eigenvalue weighted by molar-refractivity contribution is 0.215. The van der Waals surface area contributed by atoms with E-state index >= 15 is 0 Å². The van der Waals surface area contributed by atoms with Crippen molar-refractivity contribution >= 4 is 10.9 Å². The van der Waals surface area contributed by atoms with Crippen molar-refractivity contribution in [2.75, 3.05) is 26.7 Å². The van der Waals surface area contributed by atoms with E-state index in [9.17, 15) is 0 Å². The highest BCUT2D eigenvalue weighted by molar-refractivity contribution is 5.84. The molecule has 0 aliphatic carbocycles. The maximum Gasteiger partial charge on any atom is 0.119 e. The number of fused-ring (bicyclic) bond motifs is 1. The van der Waals surface area contributed by atoms with Gasteiger partial charge in [0.1, 0.15) is 5.75 Å². The summed E-state index contributed by atoms with van der Waals surface area (Å²) < 4.78 is 5.38. The second kappa shape index (κ2) is 7.55. The molecule has 0 unspecified atom stereocenters. The molecule has 1 fully saturated rings. The topological polar surface area (TPSA) is 28.3 Å². The molecule has 3 nitrogen and oxygen atoms in total. The van der Waals surface area contributed by atoms with Gasteiger partial charge in [-0.1, -0.05) is 29.8 Å². The number of rotatable bonds is 5. The minimum Gasteiger partial charge on any atom is -0.497 e. The van der Waals surface area contributed by atoms with E-state index in [-0.39, 0.29) is 0 Å². The van der Waals surface area contributed by atoms with Gasteiger partial charge >= 0.3 is 0 Å². The zero-order chi connectivity index (χ0) is 17.9. The van der Waals surface area contributed by atoms with Gasteiger partial charge in [-0.15, -0.1) is 0 Å². The van der Waals surface area contributed by atoms with Crippen LogP contribution < -0.4 is 4.74 Å². The van der Waals surface area contributed by atoms with Gasteiger partial charge in [0.2, 0.25) is 0 Å². The molecule has 0 spiro atoms. The first-order chi connectivity index (χ1) is 12.7. The van der Waals surface area contributed by atoms with Crippen LogP contribution in [0.5, 0.6) is 5.75 Å². The van der Waals surface area contributed by atoms with E-state index in [0.29, 0.717) is 0 Å². The molecule has 1 aromatic heterocycles. The number of likely N-dealkylation sites (tertiary alicyclic amines) is 1. The van der Waals surface area contributed by atoms with Crippen molar-refractivity contribution in [2.45, 2.75) is 32.1 Å². The number of ether oxygens (including phenoxy) is 1. The van der Waals surface area contributed by atoms with Crippen molar-refractivity contribution < 1.29 is 4.74 Å². The maximum atomic E-state index is 5.38. The third-order valence-corrected chi connectivity index (χ3v) is 5.81. The first kappa shape index (κ1) is 17.2. The smallest absolute Gasteiger partial charge is 0.119 e. The lowest BCUT2D eigenvalue weighted by atomic mass is 9.89. The molecule has 1 aliphatic rings. The van der Waals surface area contributed by atoms with Crippen molar-refractivity contribution in [3.05, 3.63) is 65.4 Å². The van der Waals surface area contributed by atoms with Gasteiger partial charge in [-0.3, -0.25) is 0 Å². The van der Waals surface area contributed by atoms with Crippen LogP contribution in [0.3, 0.4) is 0 Å². The molecular formula is C23H28N2O. The highest BCUT2D eigenvalue weighted by Gasteiger charge is 2.20. The van der Waals surface area contributed by atoms with Gasteiger partial charge in [-0.2, -0.15) is 0 Å². The Kier molecular flexibility index (Phi) is 4.98. The quantitative estimate of drug-likeness (QED) is 0.710. The van der Waals surface area contributed by atoms with Crippen LogP contribution in [0.2, 0.25) is 0 Å². The number of hydrogen-bond donors (Lipinski definition) is 1. The number of H-pyrrole nitrogens is 1. The number of methoxy groups -OCH3 is 1. The Hall–Kier alpha value is -2.26. The summed E-state index contributed by atoms with van der Waals surface area (Å²) in [6.45, 7) is 5.69. The van der Waals surface area contributed by atoms with Gasteiger partial charge in [0.25, 0.3) is 0 Å². The molecule has 0 radical (unpaired) electrons. The van der Waals surface area contributed by atoms with Gasteiger partial charge in [0.15, 0.2) is 0 Å². The summed E-state index contributed by atoms with van der Waals surface area (Å²) in [7, 11) is 1.73. The zero-order valence-corrected chi connectivity index (χ0v) is 15.8. The predicted molar refractivity (Wildman–Crippen MR) is 108 cm³/mol. The minimum absolute atomic E-state index is 0.726. The first-order valence-electron chi connectivity index (χ1n) is 9.66. The molecule has 0 amide bonds. The Morgan fingerprint density at radius 3 is 2.58 bits per heavy atom. The van der Waals surface area contributed by atoms with Crippen LogP contribution in [0.15, 0.2) is 48.7 Å². The number of nitrogens with zero attached hydrogens (tertiary/aromatic N) is 1. The monoisotopic (exact) mass is 348 g/mol. The van der Waals surface area contributed by atoms with E-state index in [2.05, 4.69) is 59.4 Å². The van der Waals surface area contributed by atoms with Gasteiger partial charge in [-0.05, 0) is 74.5 Å². The zero-order valence-electron chi connectivity index (χ0n) is 15.8. The standard InChI is InChI=1S/C23H28N2O/c1-17-3-5-18(6-4-17)19-9-12-25(13-10-19)14-11-20-16-24-23-8-7-21(26-2)15-22(20)23/h3-8,15-16,19,24H,9-14H2,1-2H3. The fourth-order valence-electron chi connectivity index (χ4n) is 4.10. The van der Waals surface area contributed by atoms with Gasteiger partial charge < -0.3 is 14.6 Å². The number of aromatic amines is 1. The lowest BCUT2D eigenvalue weighted by Crippen LogP contribution is -2.34. The second-order valence-corrected chi connectivity index (χ2v) is 7.50. The summed E-state index contributed by atoms with van der Waals surface area (Å²) in [6, 6.07) is 15.4. The molecule has 2 heterocycles. The molecule has 0 atom stereocenters. The van der Waals surface area contributed by atoms with Crippen LogP contribution in [-0.2, 0) is 6.42 Å².